The lowest BCUT2D eigenvalue weighted by atomic mass is 10.1. The maximum absolute atomic E-state index is 12.1. The first-order valence-electron chi connectivity index (χ1n) is 11.5. The highest BCUT2D eigenvalue weighted by Crippen LogP contribution is 2.28. The van der Waals surface area contributed by atoms with Crippen LogP contribution in [0.2, 0.25) is 0 Å². The number of methoxy groups -OCH3 is 4. The Morgan fingerprint density at radius 3 is 1.43 bits per heavy atom. The van der Waals surface area contributed by atoms with Gasteiger partial charge >= 0.3 is 0 Å². The standard InChI is InChI=1S/C26H36N2O6S/c1-31-21-7-5-19(17-23(21)33-3)9-13-27-25(29)11-15-35-16-12-26(30)28-14-10-20-6-8-22(32-2)24(18-20)34-4/h5-8,17-18H,9-16H2,1-4H3,(H,27,29)(H,28,30). The minimum atomic E-state index is 0.0114. The third-order valence-corrected chi connectivity index (χ3v) is 6.30. The van der Waals surface area contributed by atoms with E-state index in [0.29, 0.717) is 73.3 Å². The Bertz CT molecular complexity index is 878. The minimum Gasteiger partial charge on any atom is -0.493 e. The second kappa shape index (κ2) is 15.8. The van der Waals surface area contributed by atoms with Crippen molar-refractivity contribution in [1.82, 2.24) is 10.6 Å². The molecule has 2 N–H and O–H groups in total. The van der Waals surface area contributed by atoms with E-state index in [4.69, 9.17) is 18.9 Å². The van der Waals surface area contributed by atoms with E-state index in [2.05, 4.69) is 10.6 Å². The molecule has 2 aromatic rings. The summed E-state index contributed by atoms with van der Waals surface area (Å²) < 4.78 is 21.1. The van der Waals surface area contributed by atoms with Gasteiger partial charge in [0.1, 0.15) is 0 Å². The Morgan fingerprint density at radius 2 is 1.06 bits per heavy atom. The van der Waals surface area contributed by atoms with Crippen LogP contribution < -0.4 is 29.6 Å². The van der Waals surface area contributed by atoms with E-state index in [-0.39, 0.29) is 11.8 Å². The van der Waals surface area contributed by atoms with Crippen molar-refractivity contribution in [2.75, 3.05) is 53.0 Å². The number of rotatable bonds is 16. The predicted octanol–water partition coefficient (Wildman–Crippen LogP) is 3.25. The number of carbonyl (C=O) groups excluding carboxylic acids is 2. The van der Waals surface area contributed by atoms with Crippen LogP contribution >= 0.6 is 11.8 Å². The number of thioether (sulfide) groups is 1. The molecule has 2 amide bonds. The summed E-state index contributed by atoms with van der Waals surface area (Å²) in [5.41, 5.74) is 2.13. The molecule has 0 aromatic heterocycles. The molecule has 0 atom stereocenters. The van der Waals surface area contributed by atoms with Gasteiger partial charge in [0.15, 0.2) is 23.0 Å². The summed E-state index contributed by atoms with van der Waals surface area (Å²) in [6, 6.07) is 11.5. The summed E-state index contributed by atoms with van der Waals surface area (Å²) in [5, 5.41) is 5.87. The number of nitrogens with one attached hydrogen (secondary N) is 2. The van der Waals surface area contributed by atoms with Gasteiger partial charge in [-0.15, -0.1) is 0 Å². The van der Waals surface area contributed by atoms with Gasteiger partial charge < -0.3 is 29.6 Å². The molecule has 2 aromatic carbocycles. The number of amides is 2. The molecule has 0 saturated heterocycles. The van der Waals surface area contributed by atoms with Crippen LogP contribution in [0.15, 0.2) is 36.4 Å². The zero-order valence-electron chi connectivity index (χ0n) is 21.0. The fraction of sp³-hybridized carbons (Fsp3) is 0.462. The molecule has 0 unspecified atom stereocenters. The van der Waals surface area contributed by atoms with Crippen molar-refractivity contribution in [2.45, 2.75) is 25.7 Å². The highest BCUT2D eigenvalue weighted by atomic mass is 32.2. The summed E-state index contributed by atoms with van der Waals surface area (Å²) in [7, 11) is 6.41. The SMILES string of the molecule is COc1ccc(CCNC(=O)CCSCCC(=O)NCCc2ccc(OC)c(OC)c2)cc1OC. The van der Waals surface area contributed by atoms with E-state index in [1.54, 1.807) is 40.2 Å². The number of ether oxygens (including phenoxy) is 4. The van der Waals surface area contributed by atoms with Gasteiger partial charge in [-0.3, -0.25) is 9.59 Å². The first-order chi connectivity index (χ1) is 17.0. The Morgan fingerprint density at radius 1 is 0.657 bits per heavy atom. The molecule has 0 heterocycles. The topological polar surface area (TPSA) is 95.1 Å². The zero-order chi connectivity index (χ0) is 25.5. The lowest BCUT2D eigenvalue weighted by molar-refractivity contribution is -0.121. The smallest absolute Gasteiger partial charge is 0.220 e. The van der Waals surface area contributed by atoms with Gasteiger partial charge in [-0.05, 0) is 48.2 Å². The summed E-state index contributed by atoms with van der Waals surface area (Å²) in [6.45, 7) is 1.11. The maximum Gasteiger partial charge on any atom is 0.220 e. The van der Waals surface area contributed by atoms with Gasteiger partial charge in [-0.25, -0.2) is 0 Å². The van der Waals surface area contributed by atoms with E-state index in [0.717, 1.165) is 11.1 Å². The molecule has 0 spiro atoms. The van der Waals surface area contributed by atoms with Crippen molar-refractivity contribution in [3.05, 3.63) is 47.5 Å². The molecule has 192 valence electrons. The van der Waals surface area contributed by atoms with Crippen LogP contribution in [0.1, 0.15) is 24.0 Å². The summed E-state index contributed by atoms with van der Waals surface area (Å²) >= 11 is 1.61. The highest BCUT2D eigenvalue weighted by Gasteiger charge is 2.08. The van der Waals surface area contributed by atoms with Gasteiger partial charge in [-0.1, -0.05) is 12.1 Å². The monoisotopic (exact) mass is 504 g/mol. The Hall–Kier alpha value is -3.07. The first-order valence-corrected chi connectivity index (χ1v) is 12.7. The van der Waals surface area contributed by atoms with E-state index >= 15 is 0 Å². The van der Waals surface area contributed by atoms with Crippen LogP contribution in [0.4, 0.5) is 0 Å². The van der Waals surface area contributed by atoms with Crippen LogP contribution in [-0.4, -0.2) is 64.8 Å². The van der Waals surface area contributed by atoms with E-state index in [9.17, 15) is 9.59 Å². The fourth-order valence-corrected chi connectivity index (χ4v) is 4.24. The lowest BCUT2D eigenvalue weighted by Crippen LogP contribution is -2.26. The molecule has 2 rings (SSSR count). The van der Waals surface area contributed by atoms with Crippen molar-refractivity contribution in [3.63, 3.8) is 0 Å². The number of carbonyl (C=O) groups is 2. The molecule has 8 nitrogen and oxygen atoms in total. The molecule has 0 aliphatic heterocycles. The predicted molar refractivity (Wildman–Crippen MR) is 139 cm³/mol. The molecule has 0 bridgehead atoms. The minimum absolute atomic E-state index is 0.0114. The average Bonchev–Trinajstić information content (AvgIpc) is 2.88. The van der Waals surface area contributed by atoms with Crippen LogP contribution in [0.25, 0.3) is 0 Å². The molecule has 0 fully saturated rings. The van der Waals surface area contributed by atoms with Crippen LogP contribution in [0.3, 0.4) is 0 Å². The van der Waals surface area contributed by atoms with E-state index < -0.39 is 0 Å². The van der Waals surface area contributed by atoms with Crippen molar-refractivity contribution in [1.29, 1.82) is 0 Å². The van der Waals surface area contributed by atoms with Gasteiger partial charge in [0.2, 0.25) is 11.8 Å². The van der Waals surface area contributed by atoms with Crippen molar-refractivity contribution in [3.8, 4) is 23.0 Å². The quantitative estimate of drug-likeness (QED) is 0.339. The van der Waals surface area contributed by atoms with Crippen LogP contribution in [-0.2, 0) is 22.4 Å². The van der Waals surface area contributed by atoms with Crippen molar-refractivity contribution >= 4 is 23.6 Å². The van der Waals surface area contributed by atoms with Gasteiger partial charge in [-0.2, -0.15) is 11.8 Å². The first kappa shape index (κ1) is 28.2. The summed E-state index contributed by atoms with van der Waals surface area (Å²) in [4.78, 5) is 24.1. The van der Waals surface area contributed by atoms with Gasteiger partial charge in [0.25, 0.3) is 0 Å². The van der Waals surface area contributed by atoms with Crippen molar-refractivity contribution < 1.29 is 28.5 Å². The number of hydrogen-bond acceptors (Lipinski definition) is 7. The van der Waals surface area contributed by atoms with Crippen LogP contribution in [0, 0.1) is 0 Å². The Kier molecular flexibility index (Phi) is 12.7. The van der Waals surface area contributed by atoms with E-state index in [1.807, 2.05) is 36.4 Å². The summed E-state index contributed by atoms with van der Waals surface area (Å²) in [6.07, 6.45) is 2.28. The van der Waals surface area contributed by atoms with E-state index in [1.165, 1.54) is 0 Å². The fourth-order valence-electron chi connectivity index (χ4n) is 3.37. The normalized spacial score (nSPS) is 10.4. The number of benzene rings is 2. The molecular weight excluding hydrogens is 468 g/mol. The lowest BCUT2D eigenvalue weighted by Gasteiger charge is -2.10. The molecule has 9 heteroatoms. The van der Waals surface area contributed by atoms with Crippen molar-refractivity contribution in [2.24, 2.45) is 0 Å². The third-order valence-electron chi connectivity index (χ3n) is 5.31. The molecule has 0 saturated carbocycles. The number of hydrogen-bond donors (Lipinski definition) is 2. The summed E-state index contributed by atoms with van der Waals surface area (Å²) in [5.74, 6) is 4.11. The molecular formula is C26H36N2O6S. The molecule has 0 aliphatic carbocycles. The molecule has 0 aliphatic rings. The average molecular weight is 505 g/mol. The Balaban J connectivity index is 1.53. The van der Waals surface area contributed by atoms with Crippen LogP contribution in [0.5, 0.6) is 23.0 Å². The second-order valence-corrected chi connectivity index (χ2v) is 8.92. The second-order valence-electron chi connectivity index (χ2n) is 7.69. The molecule has 35 heavy (non-hydrogen) atoms. The Labute approximate surface area is 212 Å². The maximum atomic E-state index is 12.1. The highest BCUT2D eigenvalue weighted by molar-refractivity contribution is 7.99. The zero-order valence-corrected chi connectivity index (χ0v) is 21.8. The van der Waals surface area contributed by atoms with Gasteiger partial charge in [0, 0.05) is 37.4 Å². The van der Waals surface area contributed by atoms with Gasteiger partial charge in [0.05, 0.1) is 28.4 Å². The molecule has 0 radical (unpaired) electrons. The third kappa shape index (κ3) is 9.98. The largest absolute Gasteiger partial charge is 0.493 e.